The van der Waals surface area contributed by atoms with Crippen molar-refractivity contribution < 1.29 is 9.53 Å². The quantitative estimate of drug-likeness (QED) is 0.262. The van der Waals surface area contributed by atoms with E-state index in [1.165, 1.54) is 11.8 Å². The maximum absolute atomic E-state index is 12.7. The van der Waals surface area contributed by atoms with Crippen LogP contribution in [0, 0.1) is 11.3 Å². The predicted octanol–water partition coefficient (Wildman–Crippen LogP) is 7.07. The van der Waals surface area contributed by atoms with Gasteiger partial charge in [0.1, 0.15) is 16.8 Å². The fourth-order valence-electron chi connectivity index (χ4n) is 3.52. The van der Waals surface area contributed by atoms with Gasteiger partial charge in [0, 0.05) is 27.4 Å². The fraction of sp³-hybridized carbons (Fsp3) is 0.107. The molecule has 0 aliphatic heterocycles. The Hall–Kier alpha value is -3.79. The Morgan fingerprint density at radius 2 is 1.74 bits per heavy atom. The minimum absolute atomic E-state index is 0.0924. The summed E-state index contributed by atoms with van der Waals surface area (Å²) in [5.41, 5.74) is 4.09. The van der Waals surface area contributed by atoms with Crippen molar-refractivity contribution in [3.05, 3.63) is 95.5 Å². The molecule has 1 amide bonds. The van der Waals surface area contributed by atoms with Gasteiger partial charge >= 0.3 is 0 Å². The number of ether oxygens (including phenoxy) is 1. The monoisotopic (exact) mass is 499 g/mol. The van der Waals surface area contributed by atoms with Gasteiger partial charge in [-0.25, -0.2) is 4.98 Å². The number of benzene rings is 3. The Balaban J connectivity index is 1.63. The van der Waals surface area contributed by atoms with Gasteiger partial charge in [0.15, 0.2) is 0 Å². The third-order valence-corrected chi connectivity index (χ3v) is 6.43. The summed E-state index contributed by atoms with van der Waals surface area (Å²) in [5.74, 6) is 0.636. The van der Waals surface area contributed by atoms with Gasteiger partial charge in [-0.15, -0.1) is 0 Å². The highest BCUT2D eigenvalue weighted by Crippen LogP contribution is 2.37. The molecular formula is C28H22ClN3O2S. The van der Waals surface area contributed by atoms with Crippen LogP contribution in [0.2, 0.25) is 5.02 Å². The molecule has 0 spiro atoms. The van der Waals surface area contributed by atoms with E-state index >= 15 is 0 Å². The number of halogens is 1. The van der Waals surface area contributed by atoms with E-state index in [-0.39, 0.29) is 11.7 Å². The number of hydrogen-bond acceptors (Lipinski definition) is 5. The lowest BCUT2D eigenvalue weighted by molar-refractivity contribution is -0.113. The molecule has 0 saturated carbocycles. The summed E-state index contributed by atoms with van der Waals surface area (Å²) in [5, 5.41) is 13.9. The molecule has 0 unspecified atom stereocenters. The smallest absolute Gasteiger partial charge is 0.234 e. The molecule has 1 aromatic heterocycles. The molecule has 5 nitrogen and oxygen atoms in total. The second-order valence-corrected chi connectivity index (χ2v) is 8.86. The van der Waals surface area contributed by atoms with Crippen LogP contribution in [0.1, 0.15) is 12.5 Å². The van der Waals surface area contributed by atoms with Crippen molar-refractivity contribution in [2.75, 3.05) is 17.7 Å². The van der Waals surface area contributed by atoms with Crippen LogP contribution in [0.15, 0.2) is 90.0 Å². The number of hydrogen-bond donors (Lipinski definition) is 1. The summed E-state index contributed by atoms with van der Waals surface area (Å²) in [6.45, 7) is 2.50. The molecule has 4 aromatic rings. The topological polar surface area (TPSA) is 75.0 Å². The lowest BCUT2D eigenvalue weighted by Gasteiger charge is -2.13. The number of carbonyl (C=O) groups excluding carboxylic acids is 1. The molecule has 1 heterocycles. The van der Waals surface area contributed by atoms with Crippen molar-refractivity contribution in [1.82, 2.24) is 4.98 Å². The average molecular weight is 500 g/mol. The fourth-order valence-corrected chi connectivity index (χ4v) is 4.56. The highest BCUT2D eigenvalue weighted by atomic mass is 35.5. The highest BCUT2D eigenvalue weighted by molar-refractivity contribution is 8.00. The van der Waals surface area contributed by atoms with E-state index in [0.717, 1.165) is 16.9 Å². The van der Waals surface area contributed by atoms with E-state index < -0.39 is 0 Å². The lowest BCUT2D eigenvalue weighted by atomic mass is 9.99. The van der Waals surface area contributed by atoms with Gasteiger partial charge in [0.05, 0.1) is 23.6 Å². The van der Waals surface area contributed by atoms with Crippen molar-refractivity contribution in [2.24, 2.45) is 0 Å². The first-order valence-corrected chi connectivity index (χ1v) is 12.4. The van der Waals surface area contributed by atoms with Crippen LogP contribution in [-0.2, 0) is 4.79 Å². The molecule has 0 radical (unpaired) electrons. The molecule has 4 rings (SSSR count). The van der Waals surface area contributed by atoms with E-state index in [0.29, 0.717) is 39.2 Å². The molecule has 174 valence electrons. The van der Waals surface area contributed by atoms with Gasteiger partial charge in [0.25, 0.3) is 0 Å². The SMILES string of the molecule is CCOc1ccc(NC(=O)CSc2nc(-c3ccccc3)cc(-c3ccccc3Cl)c2C#N)cc1. The zero-order valence-electron chi connectivity index (χ0n) is 19.0. The van der Waals surface area contributed by atoms with Gasteiger partial charge in [0.2, 0.25) is 5.91 Å². The number of aromatic nitrogens is 1. The Morgan fingerprint density at radius 1 is 1.03 bits per heavy atom. The van der Waals surface area contributed by atoms with E-state index in [1.54, 1.807) is 30.3 Å². The van der Waals surface area contributed by atoms with E-state index in [2.05, 4.69) is 11.4 Å². The van der Waals surface area contributed by atoms with Gasteiger partial charge in [-0.2, -0.15) is 5.26 Å². The Morgan fingerprint density at radius 3 is 2.43 bits per heavy atom. The summed E-state index contributed by atoms with van der Waals surface area (Å²) < 4.78 is 5.44. The maximum atomic E-state index is 12.7. The molecule has 35 heavy (non-hydrogen) atoms. The first-order valence-electron chi connectivity index (χ1n) is 11.0. The molecule has 0 atom stereocenters. The second kappa shape index (κ2) is 11.6. The number of anilines is 1. The second-order valence-electron chi connectivity index (χ2n) is 7.49. The molecule has 0 saturated heterocycles. The number of carbonyl (C=O) groups is 1. The molecule has 1 N–H and O–H groups in total. The summed E-state index contributed by atoms with van der Waals surface area (Å²) in [4.78, 5) is 17.4. The number of nitriles is 1. The number of pyridine rings is 1. The number of rotatable bonds is 8. The molecule has 0 bridgehead atoms. The van der Waals surface area contributed by atoms with Crippen LogP contribution in [0.4, 0.5) is 5.69 Å². The maximum Gasteiger partial charge on any atom is 0.234 e. The minimum atomic E-state index is -0.200. The van der Waals surface area contributed by atoms with E-state index in [1.807, 2.05) is 61.5 Å². The normalized spacial score (nSPS) is 10.4. The first kappa shape index (κ1) is 24.3. The zero-order chi connectivity index (χ0) is 24.6. The summed E-state index contributed by atoms with van der Waals surface area (Å²) in [6, 6.07) is 28.4. The van der Waals surface area contributed by atoms with Crippen LogP contribution < -0.4 is 10.1 Å². The number of nitrogens with one attached hydrogen (secondary N) is 1. The minimum Gasteiger partial charge on any atom is -0.494 e. The van der Waals surface area contributed by atoms with Gasteiger partial charge in [-0.05, 0) is 43.3 Å². The molecule has 0 aliphatic carbocycles. The predicted molar refractivity (Wildman–Crippen MR) is 142 cm³/mol. The molecule has 0 aliphatic rings. The van der Waals surface area contributed by atoms with Crippen LogP contribution >= 0.6 is 23.4 Å². The van der Waals surface area contributed by atoms with Crippen LogP contribution in [0.5, 0.6) is 5.75 Å². The number of nitrogens with zero attached hydrogens (tertiary/aromatic N) is 2. The first-order chi connectivity index (χ1) is 17.1. The van der Waals surface area contributed by atoms with Gasteiger partial charge in [-0.3, -0.25) is 4.79 Å². The number of amides is 1. The largest absolute Gasteiger partial charge is 0.494 e. The summed E-state index contributed by atoms with van der Waals surface area (Å²) in [7, 11) is 0. The van der Waals surface area contributed by atoms with E-state index in [9.17, 15) is 10.1 Å². The van der Waals surface area contributed by atoms with E-state index in [4.69, 9.17) is 21.3 Å². The third kappa shape index (κ3) is 6.02. The average Bonchev–Trinajstić information content (AvgIpc) is 2.89. The summed E-state index contributed by atoms with van der Waals surface area (Å²) >= 11 is 7.70. The van der Waals surface area contributed by atoms with Crippen molar-refractivity contribution in [3.8, 4) is 34.2 Å². The molecular weight excluding hydrogens is 478 g/mol. The lowest BCUT2D eigenvalue weighted by Crippen LogP contribution is -2.14. The molecule has 3 aromatic carbocycles. The van der Waals surface area contributed by atoms with Gasteiger partial charge in [-0.1, -0.05) is 71.9 Å². The van der Waals surface area contributed by atoms with Gasteiger partial charge < -0.3 is 10.1 Å². The standard InChI is InChI=1S/C28H22ClN3O2S/c1-2-34-21-14-12-20(13-15-21)31-27(33)18-35-28-24(17-30)23(22-10-6-7-11-25(22)29)16-26(32-28)19-8-4-3-5-9-19/h3-16H,2,18H2,1H3,(H,31,33). The highest BCUT2D eigenvalue weighted by Gasteiger charge is 2.18. The van der Waals surface area contributed by atoms with Crippen molar-refractivity contribution in [1.29, 1.82) is 5.26 Å². The number of thioether (sulfide) groups is 1. The van der Waals surface area contributed by atoms with Crippen LogP contribution in [0.3, 0.4) is 0 Å². The Bertz CT molecular complexity index is 1370. The molecule has 0 fully saturated rings. The van der Waals surface area contributed by atoms with Crippen molar-refractivity contribution in [2.45, 2.75) is 11.9 Å². The van der Waals surface area contributed by atoms with Crippen LogP contribution in [-0.4, -0.2) is 23.3 Å². The zero-order valence-corrected chi connectivity index (χ0v) is 20.6. The third-order valence-electron chi connectivity index (χ3n) is 5.12. The van der Waals surface area contributed by atoms with Crippen molar-refractivity contribution in [3.63, 3.8) is 0 Å². The Kier molecular flexibility index (Phi) is 8.04. The molecule has 7 heteroatoms. The Labute approximate surface area is 213 Å². The van der Waals surface area contributed by atoms with Crippen molar-refractivity contribution >= 4 is 35.0 Å². The van der Waals surface area contributed by atoms with Crippen LogP contribution in [0.25, 0.3) is 22.4 Å². The summed E-state index contributed by atoms with van der Waals surface area (Å²) in [6.07, 6.45) is 0.